The Morgan fingerprint density at radius 1 is 1.44 bits per heavy atom. The SMILES string of the molecule is C[C@@H]1CN[C@]12CCN(c1ncnc3[nH]ccc13)C2. The van der Waals surface area contributed by atoms with Gasteiger partial charge in [0.2, 0.25) is 0 Å². The summed E-state index contributed by atoms with van der Waals surface area (Å²) in [6.07, 6.45) is 4.79. The molecule has 0 aliphatic carbocycles. The number of H-pyrrole nitrogens is 1. The van der Waals surface area contributed by atoms with Gasteiger partial charge in [-0.05, 0) is 18.4 Å². The summed E-state index contributed by atoms with van der Waals surface area (Å²) in [5.74, 6) is 1.84. The highest BCUT2D eigenvalue weighted by Crippen LogP contribution is 2.37. The molecule has 4 heterocycles. The van der Waals surface area contributed by atoms with E-state index in [2.05, 4.69) is 38.2 Å². The molecular formula is C13H17N5. The van der Waals surface area contributed by atoms with E-state index < -0.39 is 0 Å². The lowest BCUT2D eigenvalue weighted by Gasteiger charge is -2.46. The van der Waals surface area contributed by atoms with Crippen molar-refractivity contribution in [2.24, 2.45) is 5.92 Å². The fraction of sp³-hybridized carbons (Fsp3) is 0.538. The lowest BCUT2D eigenvalue weighted by Crippen LogP contribution is -2.65. The minimum absolute atomic E-state index is 0.327. The summed E-state index contributed by atoms with van der Waals surface area (Å²) >= 11 is 0. The van der Waals surface area contributed by atoms with Crippen LogP contribution >= 0.6 is 0 Å². The van der Waals surface area contributed by atoms with Crippen molar-refractivity contribution in [1.29, 1.82) is 0 Å². The Morgan fingerprint density at radius 2 is 2.39 bits per heavy atom. The molecule has 0 saturated carbocycles. The van der Waals surface area contributed by atoms with E-state index in [0.717, 1.165) is 42.4 Å². The average molecular weight is 243 g/mol. The maximum atomic E-state index is 4.48. The van der Waals surface area contributed by atoms with Crippen molar-refractivity contribution in [2.45, 2.75) is 18.9 Å². The van der Waals surface area contributed by atoms with Crippen molar-refractivity contribution in [3.05, 3.63) is 18.6 Å². The number of rotatable bonds is 1. The highest BCUT2D eigenvalue weighted by atomic mass is 15.3. The van der Waals surface area contributed by atoms with Gasteiger partial charge in [0.1, 0.15) is 17.8 Å². The Bertz CT molecular complexity index is 592. The van der Waals surface area contributed by atoms with Gasteiger partial charge in [0.15, 0.2) is 0 Å². The third-order valence-corrected chi connectivity index (χ3v) is 4.64. The van der Waals surface area contributed by atoms with Crippen molar-refractivity contribution in [3.8, 4) is 0 Å². The van der Waals surface area contributed by atoms with Gasteiger partial charge >= 0.3 is 0 Å². The molecule has 0 unspecified atom stereocenters. The number of aromatic amines is 1. The summed E-state index contributed by atoms with van der Waals surface area (Å²) < 4.78 is 0. The second-order valence-corrected chi connectivity index (χ2v) is 5.55. The van der Waals surface area contributed by atoms with Crippen LogP contribution in [0.15, 0.2) is 18.6 Å². The first kappa shape index (κ1) is 10.3. The minimum atomic E-state index is 0.327. The molecule has 2 atom stereocenters. The van der Waals surface area contributed by atoms with E-state index in [4.69, 9.17) is 0 Å². The van der Waals surface area contributed by atoms with E-state index in [1.165, 1.54) is 6.42 Å². The van der Waals surface area contributed by atoms with E-state index in [0.29, 0.717) is 5.54 Å². The summed E-state index contributed by atoms with van der Waals surface area (Å²) in [6, 6.07) is 2.06. The summed E-state index contributed by atoms with van der Waals surface area (Å²) in [5, 5.41) is 4.75. The Kier molecular flexibility index (Phi) is 1.97. The Hall–Kier alpha value is -1.62. The number of nitrogens with one attached hydrogen (secondary N) is 2. The number of fused-ring (bicyclic) bond motifs is 1. The van der Waals surface area contributed by atoms with Crippen LogP contribution < -0.4 is 10.2 Å². The molecular weight excluding hydrogens is 226 g/mol. The van der Waals surface area contributed by atoms with Gasteiger partial charge in [0.05, 0.1) is 5.39 Å². The van der Waals surface area contributed by atoms with Crippen LogP contribution in [0.1, 0.15) is 13.3 Å². The molecule has 4 rings (SSSR count). The van der Waals surface area contributed by atoms with Gasteiger partial charge in [-0.2, -0.15) is 0 Å². The highest BCUT2D eigenvalue weighted by molar-refractivity contribution is 5.87. The highest BCUT2D eigenvalue weighted by Gasteiger charge is 2.48. The van der Waals surface area contributed by atoms with E-state index >= 15 is 0 Å². The maximum absolute atomic E-state index is 4.48. The van der Waals surface area contributed by atoms with E-state index in [1.54, 1.807) is 6.33 Å². The van der Waals surface area contributed by atoms with Gasteiger partial charge in [-0.25, -0.2) is 9.97 Å². The first-order valence-electron chi connectivity index (χ1n) is 6.57. The van der Waals surface area contributed by atoms with Crippen LogP contribution in [0.25, 0.3) is 11.0 Å². The topological polar surface area (TPSA) is 56.8 Å². The van der Waals surface area contributed by atoms with Crippen LogP contribution in [-0.2, 0) is 0 Å². The lowest BCUT2D eigenvalue weighted by molar-refractivity contribution is 0.138. The van der Waals surface area contributed by atoms with Crippen LogP contribution in [-0.4, -0.2) is 40.1 Å². The molecule has 0 amide bonds. The standard InChI is InChI=1S/C13H17N5/c1-9-6-17-13(9)3-5-18(7-13)12-10-2-4-14-11(10)15-8-16-12/h2,4,8-9,17H,3,5-7H2,1H3,(H,14,15,16)/t9-,13+/m1/s1. The minimum Gasteiger partial charge on any atom is -0.354 e. The zero-order valence-corrected chi connectivity index (χ0v) is 10.5. The van der Waals surface area contributed by atoms with Crippen molar-refractivity contribution < 1.29 is 0 Å². The summed E-state index contributed by atoms with van der Waals surface area (Å²) in [5.41, 5.74) is 1.25. The van der Waals surface area contributed by atoms with Crippen LogP contribution in [0.4, 0.5) is 5.82 Å². The molecule has 18 heavy (non-hydrogen) atoms. The van der Waals surface area contributed by atoms with Crippen molar-refractivity contribution in [2.75, 3.05) is 24.5 Å². The first-order chi connectivity index (χ1) is 8.78. The van der Waals surface area contributed by atoms with Crippen molar-refractivity contribution in [1.82, 2.24) is 20.3 Å². The normalized spacial score (nSPS) is 31.2. The van der Waals surface area contributed by atoms with Gasteiger partial charge in [-0.1, -0.05) is 6.92 Å². The quantitative estimate of drug-likeness (QED) is 0.789. The Balaban J connectivity index is 1.70. The zero-order valence-electron chi connectivity index (χ0n) is 10.5. The number of anilines is 1. The second kappa shape index (κ2) is 3.45. The molecule has 5 nitrogen and oxygen atoms in total. The molecule has 2 fully saturated rings. The summed E-state index contributed by atoms with van der Waals surface area (Å²) in [6.45, 7) is 5.63. The van der Waals surface area contributed by atoms with E-state index in [1.807, 2.05) is 6.20 Å². The van der Waals surface area contributed by atoms with E-state index in [-0.39, 0.29) is 0 Å². The molecule has 0 bridgehead atoms. The van der Waals surface area contributed by atoms with Crippen LogP contribution in [0, 0.1) is 5.92 Å². The van der Waals surface area contributed by atoms with Gasteiger partial charge in [-0.15, -0.1) is 0 Å². The van der Waals surface area contributed by atoms with Gasteiger partial charge in [0, 0.05) is 31.4 Å². The smallest absolute Gasteiger partial charge is 0.142 e. The van der Waals surface area contributed by atoms with Crippen molar-refractivity contribution in [3.63, 3.8) is 0 Å². The fourth-order valence-corrected chi connectivity index (χ4v) is 3.27. The molecule has 2 aliphatic rings. The Labute approximate surface area is 106 Å². The number of hydrogen-bond acceptors (Lipinski definition) is 4. The molecule has 2 N–H and O–H groups in total. The molecule has 0 aromatic carbocycles. The van der Waals surface area contributed by atoms with Gasteiger partial charge in [0.25, 0.3) is 0 Å². The summed E-state index contributed by atoms with van der Waals surface area (Å²) in [7, 11) is 0. The fourth-order valence-electron chi connectivity index (χ4n) is 3.27. The molecule has 2 aromatic heterocycles. The summed E-state index contributed by atoms with van der Waals surface area (Å²) in [4.78, 5) is 14.3. The monoisotopic (exact) mass is 243 g/mol. The molecule has 1 spiro atoms. The largest absolute Gasteiger partial charge is 0.354 e. The second-order valence-electron chi connectivity index (χ2n) is 5.55. The molecule has 2 aromatic rings. The molecule has 5 heteroatoms. The Morgan fingerprint density at radius 3 is 3.11 bits per heavy atom. The van der Waals surface area contributed by atoms with E-state index in [9.17, 15) is 0 Å². The zero-order chi connectivity index (χ0) is 12.2. The molecule has 2 aliphatic heterocycles. The third-order valence-electron chi connectivity index (χ3n) is 4.64. The number of hydrogen-bond donors (Lipinski definition) is 2. The number of aromatic nitrogens is 3. The molecule has 2 saturated heterocycles. The van der Waals surface area contributed by atoms with Crippen molar-refractivity contribution >= 4 is 16.9 Å². The maximum Gasteiger partial charge on any atom is 0.142 e. The molecule has 0 radical (unpaired) electrons. The third kappa shape index (κ3) is 1.25. The average Bonchev–Trinajstić information content (AvgIpc) is 3.04. The van der Waals surface area contributed by atoms with Crippen LogP contribution in [0.2, 0.25) is 0 Å². The number of nitrogens with zero attached hydrogens (tertiary/aromatic N) is 3. The first-order valence-corrected chi connectivity index (χ1v) is 6.57. The van der Waals surface area contributed by atoms with Gasteiger partial charge < -0.3 is 15.2 Å². The predicted octanol–water partition coefficient (Wildman–Crippen LogP) is 1.15. The van der Waals surface area contributed by atoms with Crippen LogP contribution in [0.5, 0.6) is 0 Å². The molecule has 94 valence electrons. The lowest BCUT2D eigenvalue weighted by atomic mass is 9.77. The predicted molar refractivity (Wildman–Crippen MR) is 70.6 cm³/mol. The van der Waals surface area contributed by atoms with Gasteiger partial charge in [-0.3, -0.25) is 0 Å². The van der Waals surface area contributed by atoms with Crippen LogP contribution in [0.3, 0.4) is 0 Å².